The number of benzene rings is 1. The van der Waals surface area contributed by atoms with E-state index in [0.29, 0.717) is 54.3 Å². The number of morpholine rings is 1. The van der Waals surface area contributed by atoms with E-state index in [1.54, 1.807) is 22.8 Å². The number of carbonyl (C=O) groups is 2. The molecule has 2 aliphatic rings. The average Bonchev–Trinajstić information content (AvgIpc) is 3.48. The van der Waals surface area contributed by atoms with Gasteiger partial charge < -0.3 is 19.7 Å². The Morgan fingerprint density at radius 3 is 2.59 bits per heavy atom. The fraction of sp³-hybridized carbons (Fsp3) is 0.286. The third-order valence-corrected chi connectivity index (χ3v) is 7.75. The number of carbonyl (C=O) groups excluding carboxylic acids is 2. The van der Waals surface area contributed by atoms with Gasteiger partial charge in [0.2, 0.25) is 16.9 Å². The Morgan fingerprint density at radius 1 is 1.05 bits per heavy atom. The Balaban J connectivity index is 1.31. The van der Waals surface area contributed by atoms with Crippen LogP contribution in [0.4, 0.5) is 5.13 Å². The van der Waals surface area contributed by atoms with Crippen LogP contribution in [0.2, 0.25) is 0 Å². The van der Waals surface area contributed by atoms with E-state index in [1.807, 2.05) is 56.3 Å². The molecule has 11 heteroatoms. The lowest BCUT2D eigenvalue weighted by molar-refractivity contribution is -0.124. The lowest BCUT2D eigenvalue weighted by Crippen LogP contribution is -2.40. The van der Waals surface area contributed by atoms with Crippen molar-refractivity contribution in [1.29, 1.82) is 0 Å². The average molecular weight is 543 g/mol. The van der Waals surface area contributed by atoms with Crippen molar-refractivity contribution in [2.75, 3.05) is 31.6 Å². The lowest BCUT2D eigenvalue weighted by atomic mass is 9.70. The molecule has 3 aromatic heterocycles. The van der Waals surface area contributed by atoms with Gasteiger partial charge in [0.1, 0.15) is 5.51 Å². The number of amides is 2. The molecule has 4 aromatic rings. The third kappa shape index (κ3) is 4.75. The number of anilines is 1. The Labute approximate surface area is 229 Å². The van der Waals surface area contributed by atoms with Gasteiger partial charge in [-0.2, -0.15) is 0 Å². The SMILES string of the molecule is CC(C)(C(=O)Nc1nncs1)C1c2ccncc2Oc2nc(-c3ccc(C(=O)N4CCOCC4)cc3)ccc21. The number of hydrogen-bond donors (Lipinski definition) is 1. The van der Waals surface area contributed by atoms with Crippen LogP contribution in [0.1, 0.15) is 41.3 Å². The molecule has 1 unspecified atom stereocenters. The molecule has 0 spiro atoms. The zero-order valence-electron chi connectivity index (χ0n) is 21.5. The number of pyridine rings is 2. The highest BCUT2D eigenvalue weighted by atomic mass is 32.1. The number of rotatable bonds is 5. The van der Waals surface area contributed by atoms with Crippen molar-refractivity contribution in [2.24, 2.45) is 5.41 Å². The smallest absolute Gasteiger partial charge is 0.254 e. The molecule has 10 nitrogen and oxygen atoms in total. The van der Waals surface area contributed by atoms with Crippen LogP contribution < -0.4 is 10.1 Å². The molecule has 198 valence electrons. The van der Waals surface area contributed by atoms with Crippen LogP contribution in [0, 0.1) is 5.41 Å². The molecule has 0 radical (unpaired) electrons. The number of nitrogens with one attached hydrogen (secondary N) is 1. The molecular weight excluding hydrogens is 516 g/mol. The van der Waals surface area contributed by atoms with Gasteiger partial charge in [-0.1, -0.05) is 43.4 Å². The van der Waals surface area contributed by atoms with E-state index in [0.717, 1.165) is 16.7 Å². The molecule has 1 N–H and O–H groups in total. The number of aromatic nitrogens is 4. The first-order valence-electron chi connectivity index (χ1n) is 12.6. The minimum absolute atomic E-state index is 0.00688. The Kier molecular flexibility index (Phi) is 6.53. The summed E-state index contributed by atoms with van der Waals surface area (Å²) in [6.07, 6.45) is 3.34. The van der Waals surface area contributed by atoms with Crippen molar-refractivity contribution in [3.05, 3.63) is 77.1 Å². The van der Waals surface area contributed by atoms with Gasteiger partial charge in [0.05, 0.1) is 30.5 Å². The first-order valence-corrected chi connectivity index (χ1v) is 13.5. The van der Waals surface area contributed by atoms with Crippen LogP contribution in [-0.4, -0.2) is 63.2 Å². The monoisotopic (exact) mass is 542 g/mol. The topological polar surface area (TPSA) is 119 Å². The van der Waals surface area contributed by atoms with E-state index in [-0.39, 0.29) is 17.7 Å². The summed E-state index contributed by atoms with van der Waals surface area (Å²) in [6, 6.07) is 13.2. The van der Waals surface area contributed by atoms with Gasteiger partial charge in [-0.25, -0.2) is 4.98 Å². The van der Waals surface area contributed by atoms with Crippen LogP contribution in [0.3, 0.4) is 0 Å². The quantitative estimate of drug-likeness (QED) is 0.395. The summed E-state index contributed by atoms with van der Waals surface area (Å²) < 4.78 is 11.5. The maximum Gasteiger partial charge on any atom is 0.254 e. The Hall–Kier alpha value is -4.22. The Morgan fingerprint density at radius 2 is 1.85 bits per heavy atom. The molecule has 39 heavy (non-hydrogen) atoms. The summed E-state index contributed by atoms with van der Waals surface area (Å²) in [5, 5.41) is 11.1. The molecule has 6 rings (SSSR count). The molecule has 1 fully saturated rings. The second kappa shape index (κ2) is 10.2. The van der Waals surface area contributed by atoms with Crippen LogP contribution in [0.25, 0.3) is 11.3 Å². The maximum atomic E-state index is 13.5. The van der Waals surface area contributed by atoms with Crippen molar-refractivity contribution in [1.82, 2.24) is 25.1 Å². The van der Waals surface area contributed by atoms with Crippen LogP contribution in [-0.2, 0) is 9.53 Å². The predicted molar refractivity (Wildman–Crippen MR) is 145 cm³/mol. The van der Waals surface area contributed by atoms with Crippen LogP contribution >= 0.6 is 11.3 Å². The van der Waals surface area contributed by atoms with Crippen molar-refractivity contribution >= 4 is 28.3 Å². The van der Waals surface area contributed by atoms with E-state index < -0.39 is 5.41 Å². The molecule has 0 saturated carbocycles. The number of fused-ring (bicyclic) bond motifs is 2. The van der Waals surface area contributed by atoms with Gasteiger partial charge >= 0.3 is 0 Å². The zero-order valence-corrected chi connectivity index (χ0v) is 22.3. The maximum absolute atomic E-state index is 13.5. The molecule has 1 saturated heterocycles. The van der Waals surface area contributed by atoms with E-state index in [2.05, 4.69) is 20.5 Å². The third-order valence-electron chi connectivity index (χ3n) is 7.15. The highest BCUT2D eigenvalue weighted by molar-refractivity contribution is 7.13. The van der Waals surface area contributed by atoms with Crippen molar-refractivity contribution in [3.63, 3.8) is 0 Å². The molecule has 0 aliphatic carbocycles. The minimum Gasteiger partial charge on any atom is -0.437 e. The molecule has 2 amide bonds. The summed E-state index contributed by atoms with van der Waals surface area (Å²) in [7, 11) is 0. The summed E-state index contributed by atoms with van der Waals surface area (Å²) in [5.41, 5.74) is 4.51. The summed E-state index contributed by atoms with van der Waals surface area (Å²) in [4.78, 5) is 37.1. The normalized spacial score (nSPS) is 16.6. The highest BCUT2D eigenvalue weighted by Gasteiger charge is 2.44. The molecular formula is C28H26N6O4S. The van der Waals surface area contributed by atoms with Crippen molar-refractivity contribution < 1.29 is 19.1 Å². The first kappa shape index (κ1) is 25.1. The van der Waals surface area contributed by atoms with Gasteiger partial charge in [0, 0.05) is 47.5 Å². The van der Waals surface area contributed by atoms with Gasteiger partial charge in [0.15, 0.2) is 5.75 Å². The highest BCUT2D eigenvalue weighted by Crippen LogP contribution is 2.51. The molecule has 2 aliphatic heterocycles. The Bertz CT molecular complexity index is 1520. The molecule has 1 atom stereocenters. The second-order valence-corrected chi connectivity index (χ2v) is 10.8. The van der Waals surface area contributed by atoms with E-state index in [4.69, 9.17) is 14.5 Å². The largest absolute Gasteiger partial charge is 0.437 e. The van der Waals surface area contributed by atoms with Crippen LogP contribution in [0.15, 0.2) is 60.4 Å². The van der Waals surface area contributed by atoms with Gasteiger partial charge in [0.25, 0.3) is 5.91 Å². The van der Waals surface area contributed by atoms with Gasteiger partial charge in [-0.15, -0.1) is 10.2 Å². The van der Waals surface area contributed by atoms with Gasteiger partial charge in [-0.05, 0) is 24.3 Å². The van der Waals surface area contributed by atoms with E-state index in [1.165, 1.54) is 11.3 Å². The number of hydrogen-bond acceptors (Lipinski definition) is 9. The fourth-order valence-electron chi connectivity index (χ4n) is 5.03. The van der Waals surface area contributed by atoms with Crippen molar-refractivity contribution in [3.8, 4) is 22.9 Å². The summed E-state index contributed by atoms with van der Waals surface area (Å²) >= 11 is 1.26. The van der Waals surface area contributed by atoms with Crippen molar-refractivity contribution in [2.45, 2.75) is 19.8 Å². The standard InChI is InChI=1S/C28H26N6O4S/c1-28(2,26(36)32-27-33-30-16-39-27)23-19-9-10-29-15-22(19)38-24-20(23)7-8-21(31-24)17-3-5-18(6-4-17)25(35)34-11-13-37-14-12-34/h3-10,15-16,23H,11-14H2,1-2H3,(H,32,33,36). The van der Waals surface area contributed by atoms with E-state index in [9.17, 15) is 9.59 Å². The van der Waals surface area contributed by atoms with Crippen LogP contribution in [0.5, 0.6) is 11.6 Å². The fourth-order valence-corrected chi connectivity index (χ4v) is 5.47. The number of nitrogens with zero attached hydrogens (tertiary/aromatic N) is 5. The van der Waals surface area contributed by atoms with Gasteiger partial charge in [-0.3, -0.25) is 14.6 Å². The van der Waals surface area contributed by atoms with E-state index >= 15 is 0 Å². The second-order valence-electron chi connectivity index (χ2n) is 9.94. The lowest BCUT2D eigenvalue weighted by Gasteiger charge is -2.37. The predicted octanol–water partition coefficient (Wildman–Crippen LogP) is 4.37. The number of ether oxygens (including phenoxy) is 2. The molecule has 0 bridgehead atoms. The molecule has 5 heterocycles. The minimum atomic E-state index is -0.884. The molecule has 1 aromatic carbocycles. The summed E-state index contributed by atoms with van der Waals surface area (Å²) in [5.74, 6) is 0.436. The zero-order chi connectivity index (χ0) is 27.0. The first-order chi connectivity index (χ1) is 18.9. The summed E-state index contributed by atoms with van der Waals surface area (Å²) in [6.45, 7) is 6.09.